The summed E-state index contributed by atoms with van der Waals surface area (Å²) in [7, 11) is 0. The molecule has 0 aromatic carbocycles. The first-order chi connectivity index (χ1) is 11.7. The van der Waals surface area contributed by atoms with E-state index >= 15 is 0 Å². The number of hydrogen-bond acceptors (Lipinski definition) is 4. The highest BCUT2D eigenvalue weighted by molar-refractivity contribution is 8.00. The smallest absolute Gasteiger partial charge is 0.250 e. The summed E-state index contributed by atoms with van der Waals surface area (Å²) in [6.07, 6.45) is 12.0. The monoisotopic (exact) mass is 348 g/mol. The first-order valence-corrected chi connectivity index (χ1v) is 10.4. The number of nitrogens with zero attached hydrogens (tertiary/aromatic N) is 3. The third kappa shape index (κ3) is 2.88. The van der Waals surface area contributed by atoms with Gasteiger partial charge < -0.3 is 10.2 Å². The number of carbonyl (C=O) groups is 1. The zero-order chi connectivity index (χ0) is 16.5. The Morgan fingerprint density at radius 3 is 2.62 bits per heavy atom. The molecule has 1 saturated carbocycles. The Labute approximate surface area is 148 Å². The topological polar surface area (TPSA) is 50.2 Å². The minimum atomic E-state index is -0.480. The lowest BCUT2D eigenvalue weighted by Gasteiger charge is -2.48. The zero-order valence-electron chi connectivity index (χ0n) is 14.4. The van der Waals surface area contributed by atoms with Gasteiger partial charge in [0.25, 0.3) is 5.91 Å². The van der Waals surface area contributed by atoms with E-state index in [0.717, 1.165) is 44.8 Å². The van der Waals surface area contributed by atoms with Crippen molar-refractivity contribution < 1.29 is 4.79 Å². The summed E-state index contributed by atoms with van der Waals surface area (Å²) in [5.74, 6) is 1.39. The third-order valence-electron chi connectivity index (χ3n) is 6.07. The van der Waals surface area contributed by atoms with Crippen LogP contribution in [0.25, 0.3) is 0 Å². The summed E-state index contributed by atoms with van der Waals surface area (Å²) in [5, 5.41) is 7.87. The molecule has 3 fully saturated rings. The Kier molecular flexibility index (Phi) is 4.60. The molecule has 2 aliphatic heterocycles. The summed E-state index contributed by atoms with van der Waals surface area (Å²) in [6, 6.07) is 1.94. The molecule has 1 aromatic rings. The molecule has 24 heavy (non-hydrogen) atoms. The van der Waals surface area contributed by atoms with Crippen LogP contribution in [0, 0.1) is 0 Å². The van der Waals surface area contributed by atoms with Gasteiger partial charge in [-0.3, -0.25) is 9.48 Å². The Hall–Kier alpha value is -1.01. The third-order valence-corrected chi connectivity index (χ3v) is 7.61. The van der Waals surface area contributed by atoms with Gasteiger partial charge in [-0.25, -0.2) is 0 Å². The average Bonchev–Trinajstić information content (AvgIpc) is 3.18. The van der Waals surface area contributed by atoms with E-state index < -0.39 is 5.54 Å². The second-order valence-electron chi connectivity index (χ2n) is 7.55. The summed E-state index contributed by atoms with van der Waals surface area (Å²) in [6.45, 7) is 3.60. The van der Waals surface area contributed by atoms with Gasteiger partial charge in [-0.05, 0) is 44.8 Å². The summed E-state index contributed by atoms with van der Waals surface area (Å²) < 4.78 is 2.26. The summed E-state index contributed by atoms with van der Waals surface area (Å²) in [5.41, 5.74) is -0.480. The van der Waals surface area contributed by atoms with E-state index in [0.29, 0.717) is 10.7 Å². The molecule has 1 aliphatic carbocycles. The van der Waals surface area contributed by atoms with Crippen molar-refractivity contribution >= 4 is 17.7 Å². The summed E-state index contributed by atoms with van der Waals surface area (Å²) >= 11 is 2.12. The van der Waals surface area contributed by atoms with Crippen molar-refractivity contribution in [3.63, 3.8) is 0 Å². The van der Waals surface area contributed by atoms with Crippen molar-refractivity contribution in [3.8, 4) is 0 Å². The maximum Gasteiger partial charge on any atom is 0.250 e. The van der Waals surface area contributed by atoms with E-state index in [1.807, 2.05) is 16.9 Å². The predicted molar refractivity (Wildman–Crippen MR) is 97.2 cm³/mol. The minimum absolute atomic E-state index is 0.304. The lowest BCUT2D eigenvalue weighted by atomic mass is 9.84. The van der Waals surface area contributed by atoms with Crippen LogP contribution in [0.15, 0.2) is 18.5 Å². The quantitative estimate of drug-likeness (QED) is 0.890. The summed E-state index contributed by atoms with van der Waals surface area (Å²) in [4.78, 5) is 15.8. The molecule has 1 spiro atoms. The number of amides is 1. The van der Waals surface area contributed by atoms with Crippen molar-refractivity contribution in [1.29, 1.82) is 0 Å². The maximum atomic E-state index is 13.6. The average molecular weight is 349 g/mol. The zero-order valence-corrected chi connectivity index (χ0v) is 15.2. The highest BCUT2D eigenvalue weighted by Gasteiger charge is 2.47. The van der Waals surface area contributed by atoms with Crippen LogP contribution in [0.3, 0.4) is 0 Å². The maximum absolute atomic E-state index is 13.6. The van der Waals surface area contributed by atoms with Crippen LogP contribution in [-0.4, -0.2) is 57.3 Å². The van der Waals surface area contributed by atoms with Gasteiger partial charge in [-0.1, -0.05) is 19.3 Å². The SMILES string of the molecule is O=C(N1CCSC2(CCCCC2)C1)C1(n2cccn2)CCNCC1. The number of aromatic nitrogens is 2. The molecule has 4 rings (SSSR count). The van der Waals surface area contributed by atoms with Gasteiger partial charge in [-0.2, -0.15) is 16.9 Å². The number of nitrogens with one attached hydrogen (secondary N) is 1. The highest BCUT2D eigenvalue weighted by Crippen LogP contribution is 2.43. The van der Waals surface area contributed by atoms with Gasteiger partial charge in [0.1, 0.15) is 5.54 Å². The lowest BCUT2D eigenvalue weighted by molar-refractivity contribution is -0.143. The Morgan fingerprint density at radius 1 is 1.12 bits per heavy atom. The van der Waals surface area contributed by atoms with E-state index in [1.54, 1.807) is 6.20 Å². The van der Waals surface area contributed by atoms with Gasteiger partial charge in [0, 0.05) is 36.0 Å². The van der Waals surface area contributed by atoms with Crippen LogP contribution in [-0.2, 0) is 10.3 Å². The van der Waals surface area contributed by atoms with E-state index in [4.69, 9.17) is 0 Å². The van der Waals surface area contributed by atoms with Crippen molar-refractivity contribution in [3.05, 3.63) is 18.5 Å². The fourth-order valence-electron chi connectivity index (χ4n) is 4.71. The second-order valence-corrected chi connectivity index (χ2v) is 9.11. The molecular formula is C18H28N4OS. The highest BCUT2D eigenvalue weighted by atomic mass is 32.2. The van der Waals surface area contributed by atoms with E-state index in [2.05, 4.69) is 27.1 Å². The fraction of sp³-hybridized carbons (Fsp3) is 0.778. The molecule has 3 heterocycles. The first-order valence-electron chi connectivity index (χ1n) is 9.38. The molecule has 6 heteroatoms. The van der Waals surface area contributed by atoms with E-state index in [1.165, 1.54) is 32.1 Å². The van der Waals surface area contributed by atoms with Gasteiger partial charge in [0.15, 0.2) is 0 Å². The van der Waals surface area contributed by atoms with Gasteiger partial charge in [0.05, 0.1) is 0 Å². The standard InChI is InChI=1S/C18H28N4OS/c23-16(18(7-10-19-11-8-18)22-12-4-9-20-22)21-13-14-24-17(15-21)5-2-1-3-6-17/h4,9,12,19H,1-3,5-8,10-11,13-15H2. The number of rotatable bonds is 2. The largest absolute Gasteiger partial charge is 0.338 e. The minimum Gasteiger partial charge on any atom is -0.338 e. The van der Waals surface area contributed by atoms with Gasteiger partial charge in [-0.15, -0.1) is 0 Å². The molecule has 132 valence electrons. The van der Waals surface area contributed by atoms with Crippen molar-refractivity contribution in [1.82, 2.24) is 20.0 Å². The fourth-order valence-corrected chi connectivity index (χ4v) is 6.28. The second kappa shape index (κ2) is 6.71. The molecule has 1 amide bonds. The molecule has 0 radical (unpaired) electrons. The normalized spacial score (nSPS) is 26.4. The molecule has 1 N–H and O–H groups in total. The van der Waals surface area contributed by atoms with Gasteiger partial charge in [0.2, 0.25) is 0 Å². The van der Waals surface area contributed by atoms with Crippen LogP contribution in [0.2, 0.25) is 0 Å². The van der Waals surface area contributed by atoms with Crippen LogP contribution in [0.1, 0.15) is 44.9 Å². The van der Waals surface area contributed by atoms with Crippen LogP contribution in [0.5, 0.6) is 0 Å². The molecule has 3 aliphatic rings. The number of thioether (sulfide) groups is 1. The van der Waals surface area contributed by atoms with E-state index in [-0.39, 0.29) is 0 Å². The van der Waals surface area contributed by atoms with Crippen molar-refractivity contribution in [2.24, 2.45) is 0 Å². The molecule has 2 saturated heterocycles. The Balaban J connectivity index is 1.58. The number of carbonyl (C=O) groups excluding carboxylic acids is 1. The van der Waals surface area contributed by atoms with Crippen molar-refractivity contribution in [2.45, 2.75) is 55.2 Å². The van der Waals surface area contributed by atoms with Crippen molar-refractivity contribution in [2.75, 3.05) is 31.9 Å². The van der Waals surface area contributed by atoms with Crippen LogP contribution >= 0.6 is 11.8 Å². The predicted octanol–water partition coefficient (Wildman–Crippen LogP) is 2.24. The van der Waals surface area contributed by atoms with Gasteiger partial charge >= 0.3 is 0 Å². The number of hydrogen-bond donors (Lipinski definition) is 1. The van der Waals surface area contributed by atoms with Crippen LogP contribution < -0.4 is 5.32 Å². The molecule has 0 atom stereocenters. The lowest BCUT2D eigenvalue weighted by Crippen LogP contribution is -2.59. The van der Waals surface area contributed by atoms with Crippen LogP contribution in [0.4, 0.5) is 0 Å². The van der Waals surface area contributed by atoms with E-state index in [9.17, 15) is 4.79 Å². The first kappa shape index (κ1) is 16.5. The Bertz CT molecular complexity index is 556. The molecule has 0 bridgehead atoms. The number of piperidine rings is 1. The molecular weight excluding hydrogens is 320 g/mol. The molecule has 5 nitrogen and oxygen atoms in total. The molecule has 0 unspecified atom stereocenters. The molecule has 1 aromatic heterocycles. The Morgan fingerprint density at radius 2 is 1.92 bits per heavy atom.